The number of hydrogen-bond acceptors (Lipinski definition) is 5. The van der Waals surface area contributed by atoms with Gasteiger partial charge in [0.25, 0.3) is 0 Å². The van der Waals surface area contributed by atoms with Crippen LogP contribution in [0.3, 0.4) is 0 Å². The number of ether oxygens (including phenoxy) is 1. The average molecular weight is 205 g/mol. The molecule has 0 aliphatic carbocycles. The molecule has 0 amide bonds. The molecule has 2 N–H and O–H groups in total. The van der Waals surface area contributed by atoms with E-state index in [1.54, 1.807) is 23.3 Å². The first-order valence-electron chi connectivity index (χ1n) is 4.54. The quantitative estimate of drug-likeness (QED) is 0.795. The maximum Gasteiger partial charge on any atom is 0.237 e. The maximum absolute atomic E-state index is 5.76. The Morgan fingerprint density at radius 1 is 1.53 bits per heavy atom. The second kappa shape index (κ2) is 3.95. The van der Waals surface area contributed by atoms with Gasteiger partial charge in [0.2, 0.25) is 5.88 Å². The minimum Gasteiger partial charge on any atom is -0.477 e. The van der Waals surface area contributed by atoms with Crippen molar-refractivity contribution in [2.75, 3.05) is 12.3 Å². The van der Waals surface area contributed by atoms with Crippen molar-refractivity contribution in [1.82, 2.24) is 19.7 Å². The predicted molar refractivity (Wildman–Crippen MR) is 54.7 cm³/mol. The van der Waals surface area contributed by atoms with Gasteiger partial charge in [0.1, 0.15) is 12.7 Å². The Labute approximate surface area is 86.7 Å². The summed E-state index contributed by atoms with van der Waals surface area (Å²) in [5.74, 6) is 0.446. The fourth-order valence-electron chi connectivity index (χ4n) is 1.18. The molecule has 0 saturated heterocycles. The Hall–Kier alpha value is -2.11. The fraction of sp³-hybridized carbons (Fsp3) is 0.222. The third-order valence-electron chi connectivity index (χ3n) is 1.83. The highest BCUT2D eigenvalue weighted by molar-refractivity contribution is 5.53. The standard InChI is InChI=1S/C9H11N5O/c1-2-15-9-8(10)3-7(4-12-9)14-6-11-5-13-14/h3-6H,2,10H2,1H3. The molecular weight excluding hydrogens is 194 g/mol. The molecule has 0 unspecified atom stereocenters. The van der Waals surface area contributed by atoms with Gasteiger partial charge in [-0.05, 0) is 13.0 Å². The van der Waals surface area contributed by atoms with Crippen LogP contribution in [0.25, 0.3) is 5.69 Å². The molecule has 0 spiro atoms. The van der Waals surface area contributed by atoms with Crippen LogP contribution >= 0.6 is 0 Å². The van der Waals surface area contributed by atoms with E-state index in [9.17, 15) is 0 Å². The molecule has 78 valence electrons. The van der Waals surface area contributed by atoms with Gasteiger partial charge in [0.05, 0.1) is 24.2 Å². The summed E-state index contributed by atoms with van der Waals surface area (Å²) in [6.07, 6.45) is 4.67. The van der Waals surface area contributed by atoms with E-state index >= 15 is 0 Å². The molecule has 6 nitrogen and oxygen atoms in total. The van der Waals surface area contributed by atoms with Crippen molar-refractivity contribution in [2.45, 2.75) is 6.92 Å². The molecule has 2 rings (SSSR count). The second-order valence-corrected chi connectivity index (χ2v) is 2.86. The number of pyridine rings is 1. The summed E-state index contributed by atoms with van der Waals surface area (Å²) in [5.41, 5.74) is 7.01. The Morgan fingerprint density at radius 2 is 2.40 bits per heavy atom. The number of nitrogens with two attached hydrogens (primary N) is 1. The van der Waals surface area contributed by atoms with Crippen LogP contribution in [0.15, 0.2) is 24.9 Å². The van der Waals surface area contributed by atoms with E-state index in [1.165, 1.54) is 6.33 Å². The Bertz CT molecular complexity index is 440. The van der Waals surface area contributed by atoms with Gasteiger partial charge < -0.3 is 10.5 Å². The number of nitrogen functional groups attached to an aromatic ring is 1. The number of rotatable bonds is 3. The average Bonchev–Trinajstić information content (AvgIpc) is 2.74. The van der Waals surface area contributed by atoms with Gasteiger partial charge in [-0.25, -0.2) is 14.6 Å². The smallest absolute Gasteiger partial charge is 0.237 e. The Morgan fingerprint density at radius 3 is 3.00 bits per heavy atom. The molecule has 0 bridgehead atoms. The monoisotopic (exact) mass is 205 g/mol. The highest BCUT2D eigenvalue weighted by atomic mass is 16.5. The third kappa shape index (κ3) is 1.88. The van der Waals surface area contributed by atoms with E-state index in [1.807, 2.05) is 6.92 Å². The first kappa shape index (κ1) is 9.45. The highest BCUT2D eigenvalue weighted by Crippen LogP contribution is 2.20. The first-order valence-corrected chi connectivity index (χ1v) is 4.54. The van der Waals surface area contributed by atoms with Gasteiger partial charge in [-0.3, -0.25) is 0 Å². The second-order valence-electron chi connectivity index (χ2n) is 2.86. The van der Waals surface area contributed by atoms with Crippen LogP contribution in [0.4, 0.5) is 5.69 Å². The van der Waals surface area contributed by atoms with Gasteiger partial charge in [-0.15, -0.1) is 0 Å². The zero-order chi connectivity index (χ0) is 10.7. The lowest BCUT2D eigenvalue weighted by Gasteiger charge is -2.06. The largest absolute Gasteiger partial charge is 0.477 e. The zero-order valence-electron chi connectivity index (χ0n) is 8.29. The van der Waals surface area contributed by atoms with Gasteiger partial charge in [0, 0.05) is 0 Å². The van der Waals surface area contributed by atoms with Crippen molar-refractivity contribution in [3.8, 4) is 11.6 Å². The van der Waals surface area contributed by atoms with Crippen molar-refractivity contribution in [1.29, 1.82) is 0 Å². The highest BCUT2D eigenvalue weighted by Gasteiger charge is 2.04. The third-order valence-corrected chi connectivity index (χ3v) is 1.83. The van der Waals surface area contributed by atoms with Crippen molar-refractivity contribution in [3.05, 3.63) is 24.9 Å². The van der Waals surface area contributed by atoms with Gasteiger partial charge in [-0.2, -0.15) is 5.10 Å². The lowest BCUT2D eigenvalue weighted by molar-refractivity contribution is 0.329. The van der Waals surface area contributed by atoms with Crippen LogP contribution in [0.1, 0.15) is 6.92 Å². The summed E-state index contributed by atoms with van der Waals surface area (Å²) >= 11 is 0. The molecule has 6 heteroatoms. The number of aromatic nitrogens is 4. The number of hydrogen-bond donors (Lipinski definition) is 1. The summed E-state index contributed by atoms with van der Waals surface area (Å²) in [6, 6.07) is 1.74. The molecule has 0 atom stereocenters. The van der Waals surface area contributed by atoms with Crippen LogP contribution in [-0.2, 0) is 0 Å². The van der Waals surface area contributed by atoms with Crippen molar-refractivity contribution < 1.29 is 4.74 Å². The van der Waals surface area contributed by atoms with Crippen molar-refractivity contribution >= 4 is 5.69 Å². The summed E-state index contributed by atoms with van der Waals surface area (Å²) in [7, 11) is 0. The molecule has 0 saturated carbocycles. The van der Waals surface area contributed by atoms with Crippen LogP contribution < -0.4 is 10.5 Å². The molecule has 0 fully saturated rings. The summed E-state index contributed by atoms with van der Waals surface area (Å²) in [5, 5.41) is 3.97. The molecular formula is C9H11N5O. The molecule has 0 aliphatic heterocycles. The SMILES string of the molecule is CCOc1ncc(-n2cncn2)cc1N. The van der Waals surface area contributed by atoms with Crippen LogP contribution in [0.5, 0.6) is 5.88 Å². The molecule has 0 radical (unpaired) electrons. The van der Waals surface area contributed by atoms with Gasteiger partial charge in [-0.1, -0.05) is 0 Å². The summed E-state index contributed by atoms with van der Waals surface area (Å²) < 4.78 is 6.81. The molecule has 0 aliphatic rings. The molecule has 2 aromatic heterocycles. The summed E-state index contributed by atoms with van der Waals surface area (Å²) in [6.45, 7) is 2.42. The van der Waals surface area contributed by atoms with E-state index in [0.717, 1.165) is 5.69 Å². The predicted octanol–water partition coefficient (Wildman–Crippen LogP) is 0.643. The van der Waals surface area contributed by atoms with E-state index in [2.05, 4.69) is 15.1 Å². The van der Waals surface area contributed by atoms with Crippen LogP contribution in [0.2, 0.25) is 0 Å². The van der Waals surface area contributed by atoms with Crippen LogP contribution in [0, 0.1) is 0 Å². The lowest BCUT2D eigenvalue weighted by Crippen LogP contribution is -2.02. The lowest BCUT2D eigenvalue weighted by atomic mass is 10.3. The fourth-order valence-corrected chi connectivity index (χ4v) is 1.18. The minimum atomic E-state index is 0.446. The molecule has 2 heterocycles. The molecule has 15 heavy (non-hydrogen) atoms. The van der Waals surface area contributed by atoms with Crippen molar-refractivity contribution in [2.24, 2.45) is 0 Å². The minimum absolute atomic E-state index is 0.446. The molecule has 0 aromatic carbocycles. The Kier molecular flexibility index (Phi) is 2.49. The first-order chi connectivity index (χ1) is 7.31. The summed E-state index contributed by atoms with van der Waals surface area (Å²) in [4.78, 5) is 7.93. The van der Waals surface area contributed by atoms with Crippen molar-refractivity contribution in [3.63, 3.8) is 0 Å². The van der Waals surface area contributed by atoms with Crippen LogP contribution in [-0.4, -0.2) is 26.4 Å². The zero-order valence-corrected chi connectivity index (χ0v) is 8.29. The van der Waals surface area contributed by atoms with Gasteiger partial charge in [0.15, 0.2) is 0 Å². The van der Waals surface area contributed by atoms with Gasteiger partial charge >= 0.3 is 0 Å². The topological polar surface area (TPSA) is 78.8 Å². The van der Waals surface area contributed by atoms with E-state index in [-0.39, 0.29) is 0 Å². The van der Waals surface area contributed by atoms with E-state index in [4.69, 9.17) is 10.5 Å². The Balaban J connectivity index is 2.33. The van der Waals surface area contributed by atoms with E-state index < -0.39 is 0 Å². The number of anilines is 1. The normalized spacial score (nSPS) is 10.2. The maximum atomic E-state index is 5.76. The molecule has 2 aromatic rings. The number of nitrogens with zero attached hydrogens (tertiary/aromatic N) is 4. The van der Waals surface area contributed by atoms with E-state index in [0.29, 0.717) is 18.2 Å².